The number of fused-ring (bicyclic) bond motifs is 1. The third-order valence-electron chi connectivity index (χ3n) is 6.41. The summed E-state index contributed by atoms with van der Waals surface area (Å²) in [6, 6.07) is 6.13. The van der Waals surface area contributed by atoms with Crippen molar-refractivity contribution in [3.05, 3.63) is 63.4 Å². The molecule has 0 atom stereocenters. The molecule has 0 spiro atoms. The second kappa shape index (κ2) is 10.1. The van der Waals surface area contributed by atoms with E-state index in [1.807, 2.05) is 39.0 Å². The third kappa shape index (κ3) is 5.24. The summed E-state index contributed by atoms with van der Waals surface area (Å²) in [6.07, 6.45) is 7.01. The van der Waals surface area contributed by atoms with Crippen LogP contribution in [0.5, 0.6) is 0 Å². The van der Waals surface area contributed by atoms with E-state index in [-0.39, 0.29) is 5.97 Å². The maximum Gasteiger partial charge on any atom is 0.311 e. The van der Waals surface area contributed by atoms with Crippen molar-refractivity contribution >= 4 is 23.1 Å². The molecule has 168 valence electrons. The van der Waals surface area contributed by atoms with Crippen molar-refractivity contribution in [1.29, 1.82) is 0 Å². The number of nitrogens with zero attached hydrogens (tertiary/aromatic N) is 1. The van der Waals surface area contributed by atoms with Gasteiger partial charge in [-0.1, -0.05) is 29.3 Å². The van der Waals surface area contributed by atoms with E-state index in [1.165, 1.54) is 29.4 Å². The highest BCUT2D eigenvalue weighted by Crippen LogP contribution is 2.41. The molecule has 2 aliphatic heterocycles. The van der Waals surface area contributed by atoms with Crippen LogP contribution in [0.2, 0.25) is 5.02 Å². The number of benzene rings is 1. The number of carbonyl (C=O) groups excluding carboxylic acids is 1. The smallest absolute Gasteiger partial charge is 0.311 e. The normalized spacial score (nSPS) is 20.5. The molecule has 0 bridgehead atoms. The second-order valence-electron chi connectivity index (χ2n) is 8.89. The van der Waals surface area contributed by atoms with Gasteiger partial charge in [0.25, 0.3) is 0 Å². The number of hydrogen-bond acceptors (Lipinski definition) is 4. The van der Waals surface area contributed by atoms with Crippen LogP contribution in [0.15, 0.2) is 47.3 Å². The van der Waals surface area contributed by atoms with Gasteiger partial charge in [-0.2, -0.15) is 0 Å². The molecule has 31 heavy (non-hydrogen) atoms. The minimum atomic E-state index is -0.455. The van der Waals surface area contributed by atoms with E-state index in [9.17, 15) is 4.79 Å². The lowest BCUT2D eigenvalue weighted by molar-refractivity contribution is -0.151. The van der Waals surface area contributed by atoms with Gasteiger partial charge in [-0.25, -0.2) is 0 Å². The maximum atomic E-state index is 12.0. The summed E-state index contributed by atoms with van der Waals surface area (Å²) in [5.74, 6) is 0.789. The van der Waals surface area contributed by atoms with Crippen molar-refractivity contribution in [2.24, 2.45) is 5.41 Å². The number of esters is 1. The number of hydrogen-bond donors (Lipinski definition) is 0. The number of piperidine rings is 1. The molecule has 2 heterocycles. The summed E-state index contributed by atoms with van der Waals surface area (Å²) in [7, 11) is 1.46. The quantitative estimate of drug-likeness (QED) is 0.522. The standard InChI is InChI=1S/C26H34ClNO3/c1-6-21-23(7-2)31-17-19-16-20(27)8-9-22(19)24(21)18-10-13-28(14-11-18)15-12-26(3,4)25(29)30-5/h6-9,16H,10-15,17H2,1-5H3/b21-6+,23-7+. The lowest BCUT2D eigenvalue weighted by Gasteiger charge is -2.32. The third-order valence-corrected chi connectivity index (χ3v) is 6.64. The first-order valence-electron chi connectivity index (χ1n) is 11.1. The minimum Gasteiger partial charge on any atom is -0.489 e. The minimum absolute atomic E-state index is 0.141. The molecule has 1 fully saturated rings. The van der Waals surface area contributed by atoms with Crippen LogP contribution < -0.4 is 0 Å². The fraction of sp³-hybridized carbons (Fsp3) is 0.500. The first kappa shape index (κ1) is 23.6. The summed E-state index contributed by atoms with van der Waals surface area (Å²) < 4.78 is 11.1. The van der Waals surface area contributed by atoms with Crippen LogP contribution in [0.3, 0.4) is 0 Å². The van der Waals surface area contributed by atoms with Crippen molar-refractivity contribution in [3.8, 4) is 0 Å². The van der Waals surface area contributed by atoms with Gasteiger partial charge in [0.2, 0.25) is 0 Å². The monoisotopic (exact) mass is 443 g/mol. The molecule has 3 rings (SSSR count). The highest BCUT2D eigenvalue weighted by molar-refractivity contribution is 6.30. The second-order valence-corrected chi connectivity index (χ2v) is 9.33. The SMILES string of the molecule is C/C=C1/C(=C2CCN(CCC(C)(C)C(=O)OC)CC2)c2ccc(Cl)cc2CO/C1=C/C. The zero-order valence-corrected chi connectivity index (χ0v) is 20.1. The van der Waals surface area contributed by atoms with Crippen molar-refractivity contribution in [2.75, 3.05) is 26.7 Å². The Bertz CT molecular complexity index is 917. The van der Waals surface area contributed by atoms with Crippen LogP contribution in [0.25, 0.3) is 5.57 Å². The number of allylic oxidation sites excluding steroid dienone is 3. The highest BCUT2D eigenvalue weighted by atomic mass is 35.5. The van der Waals surface area contributed by atoms with E-state index in [4.69, 9.17) is 21.1 Å². The molecule has 1 aromatic rings. The molecule has 1 aromatic carbocycles. The van der Waals surface area contributed by atoms with Gasteiger partial charge in [-0.3, -0.25) is 4.79 Å². The summed E-state index contributed by atoms with van der Waals surface area (Å²) in [4.78, 5) is 14.4. The van der Waals surface area contributed by atoms with Gasteiger partial charge in [-0.05, 0) is 88.4 Å². The fourth-order valence-corrected chi connectivity index (χ4v) is 4.64. The van der Waals surface area contributed by atoms with Gasteiger partial charge in [0.1, 0.15) is 12.4 Å². The highest BCUT2D eigenvalue weighted by Gasteiger charge is 2.30. The number of halogens is 1. The molecule has 0 N–H and O–H groups in total. The summed E-state index contributed by atoms with van der Waals surface area (Å²) in [5, 5.41) is 0.737. The summed E-state index contributed by atoms with van der Waals surface area (Å²) in [5.41, 5.74) is 5.83. The van der Waals surface area contributed by atoms with Crippen molar-refractivity contribution in [2.45, 2.75) is 53.6 Å². The Morgan fingerprint density at radius 3 is 2.55 bits per heavy atom. The van der Waals surface area contributed by atoms with Gasteiger partial charge in [0.05, 0.1) is 12.5 Å². The Labute approximate surface area is 191 Å². The van der Waals surface area contributed by atoms with E-state index in [0.29, 0.717) is 6.61 Å². The fourth-order valence-electron chi connectivity index (χ4n) is 4.45. The number of rotatable bonds is 4. The number of likely N-dealkylation sites (tertiary alicyclic amines) is 1. The average molecular weight is 444 g/mol. The summed E-state index contributed by atoms with van der Waals surface area (Å²) >= 11 is 6.29. The van der Waals surface area contributed by atoms with E-state index in [1.54, 1.807) is 0 Å². The lowest BCUT2D eigenvalue weighted by Crippen LogP contribution is -2.36. The van der Waals surface area contributed by atoms with E-state index in [0.717, 1.165) is 55.2 Å². The molecule has 0 aliphatic carbocycles. The number of carbonyl (C=O) groups is 1. The van der Waals surface area contributed by atoms with Gasteiger partial charge in [0, 0.05) is 23.7 Å². The zero-order valence-electron chi connectivity index (χ0n) is 19.4. The van der Waals surface area contributed by atoms with Gasteiger partial charge < -0.3 is 14.4 Å². The first-order chi connectivity index (χ1) is 14.8. The molecule has 1 saturated heterocycles. The molecule has 5 heteroatoms. The Morgan fingerprint density at radius 2 is 1.94 bits per heavy atom. The van der Waals surface area contributed by atoms with Crippen LogP contribution in [0.4, 0.5) is 0 Å². The predicted octanol–water partition coefficient (Wildman–Crippen LogP) is 6.16. The van der Waals surface area contributed by atoms with Crippen molar-refractivity contribution < 1.29 is 14.3 Å². The van der Waals surface area contributed by atoms with E-state index >= 15 is 0 Å². The Hall–Kier alpha value is -2.04. The molecule has 0 aromatic heterocycles. The van der Waals surface area contributed by atoms with E-state index in [2.05, 4.69) is 24.0 Å². The van der Waals surface area contributed by atoms with Crippen LogP contribution >= 0.6 is 11.6 Å². The zero-order chi connectivity index (χ0) is 22.6. The molecular weight excluding hydrogens is 410 g/mol. The van der Waals surface area contributed by atoms with Gasteiger partial charge >= 0.3 is 5.97 Å². The van der Waals surface area contributed by atoms with Crippen LogP contribution in [0.1, 0.15) is 58.1 Å². The molecule has 0 radical (unpaired) electrons. The van der Waals surface area contributed by atoms with Gasteiger partial charge in [-0.15, -0.1) is 0 Å². The Balaban J connectivity index is 1.85. The Kier molecular flexibility index (Phi) is 7.66. The predicted molar refractivity (Wildman–Crippen MR) is 127 cm³/mol. The molecular formula is C26H34ClNO3. The first-order valence-corrected chi connectivity index (χ1v) is 11.5. The number of ether oxygens (including phenoxy) is 2. The number of methoxy groups -OCH3 is 1. The largest absolute Gasteiger partial charge is 0.489 e. The molecule has 0 saturated carbocycles. The van der Waals surface area contributed by atoms with Crippen molar-refractivity contribution in [1.82, 2.24) is 4.90 Å². The van der Waals surface area contributed by atoms with Gasteiger partial charge in [0.15, 0.2) is 0 Å². The molecule has 0 amide bonds. The lowest BCUT2D eigenvalue weighted by atomic mass is 9.85. The maximum absolute atomic E-state index is 12.0. The average Bonchev–Trinajstić information content (AvgIpc) is 2.93. The molecule has 2 aliphatic rings. The molecule has 0 unspecified atom stereocenters. The van der Waals surface area contributed by atoms with Crippen LogP contribution in [-0.4, -0.2) is 37.6 Å². The van der Waals surface area contributed by atoms with E-state index < -0.39 is 5.41 Å². The molecule has 4 nitrogen and oxygen atoms in total. The van der Waals surface area contributed by atoms with Crippen molar-refractivity contribution in [3.63, 3.8) is 0 Å². The topological polar surface area (TPSA) is 38.8 Å². The van der Waals surface area contributed by atoms with Crippen LogP contribution in [0, 0.1) is 5.41 Å². The Morgan fingerprint density at radius 1 is 1.23 bits per heavy atom. The summed E-state index contributed by atoms with van der Waals surface area (Å²) in [6.45, 7) is 11.4. The van der Waals surface area contributed by atoms with Crippen LogP contribution in [-0.2, 0) is 20.9 Å².